The summed E-state index contributed by atoms with van der Waals surface area (Å²) >= 11 is 0. The molecular formula is C14H20FNO. The maximum Gasteiger partial charge on any atom is 0.170 e. The third-order valence-corrected chi connectivity index (χ3v) is 2.53. The predicted octanol–water partition coefficient (Wildman–Crippen LogP) is 4.73. The zero-order valence-electron chi connectivity index (χ0n) is 10.8. The van der Waals surface area contributed by atoms with Crippen molar-refractivity contribution >= 4 is 11.0 Å². The first kappa shape index (κ1) is 13.7. The third kappa shape index (κ3) is 3.55. The van der Waals surface area contributed by atoms with Crippen LogP contribution in [-0.2, 0) is 6.42 Å². The van der Waals surface area contributed by atoms with E-state index in [4.69, 9.17) is 4.52 Å². The molecule has 0 amide bonds. The number of hydrogen-bond acceptors (Lipinski definition) is 2. The highest BCUT2D eigenvalue weighted by molar-refractivity contribution is 5.79. The van der Waals surface area contributed by atoms with Crippen LogP contribution >= 0.6 is 0 Å². The molecule has 0 aliphatic rings. The van der Waals surface area contributed by atoms with Crippen molar-refractivity contribution in [1.82, 2.24) is 5.16 Å². The van der Waals surface area contributed by atoms with Gasteiger partial charge in [-0.25, -0.2) is 4.39 Å². The molecule has 1 aromatic heterocycles. The molecule has 2 aromatic rings. The van der Waals surface area contributed by atoms with Crippen molar-refractivity contribution in [3.05, 3.63) is 29.7 Å². The van der Waals surface area contributed by atoms with Crippen LogP contribution in [0, 0.1) is 5.82 Å². The summed E-state index contributed by atoms with van der Waals surface area (Å²) in [5.41, 5.74) is 1.49. The molecule has 0 unspecified atom stereocenters. The van der Waals surface area contributed by atoms with E-state index in [1.54, 1.807) is 6.07 Å². The Morgan fingerprint density at radius 1 is 1.24 bits per heavy atom. The minimum atomic E-state index is -0.279. The highest BCUT2D eigenvalue weighted by Crippen LogP contribution is 2.20. The molecule has 0 atom stereocenters. The van der Waals surface area contributed by atoms with Gasteiger partial charge in [-0.3, -0.25) is 0 Å². The number of aryl methyl sites for hydroxylation is 1. The molecule has 2 rings (SSSR count). The SMILES string of the molecule is CC.CCCCCc1noc2cc(F)ccc12. The molecule has 0 spiro atoms. The highest BCUT2D eigenvalue weighted by atomic mass is 19.1. The van der Waals surface area contributed by atoms with Crippen molar-refractivity contribution in [1.29, 1.82) is 0 Å². The van der Waals surface area contributed by atoms with E-state index >= 15 is 0 Å². The molecule has 2 nitrogen and oxygen atoms in total. The van der Waals surface area contributed by atoms with Gasteiger partial charge >= 0.3 is 0 Å². The number of aromatic nitrogens is 1. The quantitative estimate of drug-likeness (QED) is 0.719. The van der Waals surface area contributed by atoms with Gasteiger partial charge < -0.3 is 4.52 Å². The molecule has 1 aromatic carbocycles. The largest absolute Gasteiger partial charge is 0.356 e. The van der Waals surface area contributed by atoms with Crippen molar-refractivity contribution in [3.63, 3.8) is 0 Å². The lowest BCUT2D eigenvalue weighted by Gasteiger charge is -1.95. The normalized spacial score (nSPS) is 10.1. The van der Waals surface area contributed by atoms with Crippen LogP contribution in [0.4, 0.5) is 4.39 Å². The fourth-order valence-electron chi connectivity index (χ4n) is 1.69. The summed E-state index contributed by atoms with van der Waals surface area (Å²) in [6.07, 6.45) is 4.39. The summed E-state index contributed by atoms with van der Waals surface area (Å²) in [7, 11) is 0. The lowest BCUT2D eigenvalue weighted by Crippen LogP contribution is -1.85. The van der Waals surface area contributed by atoms with Crippen LogP contribution in [-0.4, -0.2) is 5.16 Å². The van der Waals surface area contributed by atoms with E-state index in [1.165, 1.54) is 25.0 Å². The predicted molar refractivity (Wildman–Crippen MR) is 68.5 cm³/mol. The number of unbranched alkanes of at least 4 members (excludes halogenated alkanes) is 2. The molecular weight excluding hydrogens is 217 g/mol. The smallest absolute Gasteiger partial charge is 0.170 e. The molecule has 3 heteroatoms. The summed E-state index contributed by atoms with van der Waals surface area (Å²) < 4.78 is 17.9. The zero-order chi connectivity index (χ0) is 12.7. The second-order valence-corrected chi connectivity index (χ2v) is 3.73. The Bertz CT molecular complexity index is 450. The Balaban J connectivity index is 0.000000686. The molecule has 94 valence electrons. The number of halogens is 1. The minimum absolute atomic E-state index is 0.279. The lowest BCUT2D eigenvalue weighted by molar-refractivity contribution is 0.442. The maximum absolute atomic E-state index is 12.9. The first-order chi connectivity index (χ1) is 8.31. The number of benzene rings is 1. The van der Waals surface area contributed by atoms with Crippen LogP contribution in [0.15, 0.2) is 22.7 Å². The summed E-state index contributed by atoms with van der Waals surface area (Å²) in [5.74, 6) is -0.279. The van der Waals surface area contributed by atoms with Crippen LogP contribution in [0.1, 0.15) is 45.7 Å². The Morgan fingerprint density at radius 3 is 2.71 bits per heavy atom. The molecule has 1 heterocycles. The minimum Gasteiger partial charge on any atom is -0.356 e. The number of nitrogens with zero attached hydrogens (tertiary/aromatic N) is 1. The van der Waals surface area contributed by atoms with Gasteiger partial charge in [-0.2, -0.15) is 0 Å². The molecule has 0 aliphatic heterocycles. The Hall–Kier alpha value is -1.38. The Morgan fingerprint density at radius 2 is 2.00 bits per heavy atom. The van der Waals surface area contributed by atoms with Crippen LogP contribution in [0.2, 0.25) is 0 Å². The van der Waals surface area contributed by atoms with Gasteiger partial charge in [0.2, 0.25) is 0 Å². The van der Waals surface area contributed by atoms with Gasteiger partial charge in [-0.1, -0.05) is 38.8 Å². The number of hydrogen-bond donors (Lipinski definition) is 0. The van der Waals surface area contributed by atoms with E-state index in [0.717, 1.165) is 23.9 Å². The maximum atomic E-state index is 12.9. The highest BCUT2D eigenvalue weighted by Gasteiger charge is 2.07. The Kier molecular flexibility index (Phi) is 5.67. The Labute approximate surface area is 102 Å². The monoisotopic (exact) mass is 237 g/mol. The standard InChI is InChI=1S/C12H14FNO.C2H6/c1-2-3-4-5-11-10-7-6-9(13)8-12(10)15-14-11;1-2/h6-8H,2-5H2,1H3;1-2H3. The summed E-state index contributed by atoms with van der Waals surface area (Å²) in [6, 6.07) is 4.57. The van der Waals surface area contributed by atoms with Crippen molar-refractivity contribution in [2.24, 2.45) is 0 Å². The summed E-state index contributed by atoms with van der Waals surface area (Å²) in [4.78, 5) is 0. The molecule has 0 fully saturated rings. The van der Waals surface area contributed by atoms with Crippen LogP contribution in [0.5, 0.6) is 0 Å². The van der Waals surface area contributed by atoms with Crippen LogP contribution < -0.4 is 0 Å². The second-order valence-electron chi connectivity index (χ2n) is 3.73. The van der Waals surface area contributed by atoms with E-state index in [1.807, 2.05) is 13.8 Å². The summed E-state index contributed by atoms with van der Waals surface area (Å²) in [5, 5.41) is 4.90. The molecule has 0 saturated heterocycles. The molecule has 0 radical (unpaired) electrons. The van der Waals surface area contributed by atoms with E-state index in [-0.39, 0.29) is 5.82 Å². The molecule has 0 N–H and O–H groups in total. The average Bonchev–Trinajstić information content (AvgIpc) is 2.75. The molecule has 17 heavy (non-hydrogen) atoms. The van der Waals surface area contributed by atoms with Gasteiger partial charge in [0.25, 0.3) is 0 Å². The van der Waals surface area contributed by atoms with Crippen LogP contribution in [0.3, 0.4) is 0 Å². The van der Waals surface area contributed by atoms with Gasteiger partial charge in [0.15, 0.2) is 5.58 Å². The van der Waals surface area contributed by atoms with Gasteiger partial charge in [0.1, 0.15) is 5.82 Å². The second kappa shape index (κ2) is 7.05. The topological polar surface area (TPSA) is 26.0 Å². The molecule has 0 saturated carbocycles. The molecule has 0 bridgehead atoms. The number of rotatable bonds is 4. The van der Waals surface area contributed by atoms with Gasteiger partial charge in [-0.05, 0) is 25.0 Å². The van der Waals surface area contributed by atoms with Gasteiger partial charge in [0, 0.05) is 11.5 Å². The van der Waals surface area contributed by atoms with Gasteiger partial charge in [-0.15, -0.1) is 0 Å². The van der Waals surface area contributed by atoms with E-state index in [2.05, 4.69) is 12.1 Å². The first-order valence-corrected chi connectivity index (χ1v) is 6.35. The van der Waals surface area contributed by atoms with Gasteiger partial charge in [0.05, 0.1) is 5.69 Å². The van der Waals surface area contributed by atoms with Crippen molar-refractivity contribution in [2.45, 2.75) is 46.5 Å². The zero-order valence-corrected chi connectivity index (χ0v) is 10.8. The van der Waals surface area contributed by atoms with Crippen molar-refractivity contribution in [3.8, 4) is 0 Å². The average molecular weight is 237 g/mol. The fraction of sp³-hybridized carbons (Fsp3) is 0.500. The van der Waals surface area contributed by atoms with Crippen molar-refractivity contribution < 1.29 is 8.91 Å². The lowest BCUT2D eigenvalue weighted by atomic mass is 10.1. The van der Waals surface area contributed by atoms with Crippen molar-refractivity contribution in [2.75, 3.05) is 0 Å². The first-order valence-electron chi connectivity index (χ1n) is 6.35. The summed E-state index contributed by atoms with van der Waals surface area (Å²) in [6.45, 7) is 6.16. The van der Waals surface area contributed by atoms with E-state index in [0.29, 0.717) is 5.58 Å². The molecule has 0 aliphatic carbocycles. The fourth-order valence-corrected chi connectivity index (χ4v) is 1.69. The van der Waals surface area contributed by atoms with E-state index < -0.39 is 0 Å². The van der Waals surface area contributed by atoms with E-state index in [9.17, 15) is 4.39 Å². The third-order valence-electron chi connectivity index (χ3n) is 2.53. The number of fused-ring (bicyclic) bond motifs is 1. The van der Waals surface area contributed by atoms with Crippen LogP contribution in [0.25, 0.3) is 11.0 Å².